The lowest BCUT2D eigenvalue weighted by atomic mass is 9.96. The highest BCUT2D eigenvalue weighted by molar-refractivity contribution is 7.90. The molecule has 1 atom stereocenters. The van der Waals surface area contributed by atoms with Gasteiger partial charge in [-0.15, -0.1) is 0 Å². The maximum Gasteiger partial charge on any atom is 0.516 e. The van der Waals surface area contributed by atoms with E-state index in [4.69, 9.17) is 21.1 Å². The molecule has 1 amide bonds. The van der Waals surface area contributed by atoms with Gasteiger partial charge in [-0.1, -0.05) is 47.2 Å². The number of aromatic nitrogens is 1. The summed E-state index contributed by atoms with van der Waals surface area (Å²) in [5.41, 5.74) is -4.31. The molecule has 2 aromatic carbocycles. The second-order valence-electron chi connectivity index (χ2n) is 9.42. The lowest BCUT2D eigenvalue weighted by molar-refractivity contribution is -0.143. The second kappa shape index (κ2) is 12.3. The van der Waals surface area contributed by atoms with E-state index in [0.29, 0.717) is 26.6 Å². The van der Waals surface area contributed by atoms with Gasteiger partial charge in [-0.05, 0) is 62.2 Å². The Bertz CT molecular complexity index is 1880. The van der Waals surface area contributed by atoms with Gasteiger partial charge in [0.25, 0.3) is 11.5 Å². The van der Waals surface area contributed by atoms with Crippen LogP contribution in [0.5, 0.6) is 5.75 Å². The van der Waals surface area contributed by atoms with Gasteiger partial charge in [-0.2, -0.15) is 21.6 Å². The van der Waals surface area contributed by atoms with Gasteiger partial charge in [0.05, 0.1) is 27.9 Å². The number of halogens is 4. The standard InChI is InChI=1S/C27H23ClF3N3O7S2/c1-14(2)41-25(37)22-15(3)32-26-34(23(22)17-6-8-18(28)9-7-17)24(36)20(42-26)12-16-4-10-19(11-5-16)40-13-21(35)33-43(38,39)27(29,30)31/h4-12,14,23H,13H2,1-3H3,(H,33,35)/b20-12-. The molecule has 16 heteroatoms. The van der Waals surface area contributed by atoms with Crippen LogP contribution in [0.2, 0.25) is 5.02 Å². The van der Waals surface area contributed by atoms with E-state index in [0.717, 1.165) is 16.1 Å². The molecule has 0 spiro atoms. The van der Waals surface area contributed by atoms with Crippen LogP contribution in [0.4, 0.5) is 13.2 Å². The van der Waals surface area contributed by atoms with Gasteiger partial charge >= 0.3 is 21.5 Å². The average molecular weight is 658 g/mol. The summed E-state index contributed by atoms with van der Waals surface area (Å²) in [5.74, 6) is -2.06. The smallest absolute Gasteiger partial charge is 0.484 e. The van der Waals surface area contributed by atoms with E-state index >= 15 is 0 Å². The van der Waals surface area contributed by atoms with Crippen molar-refractivity contribution in [2.24, 2.45) is 4.99 Å². The van der Waals surface area contributed by atoms with Crippen molar-refractivity contribution in [1.29, 1.82) is 0 Å². The molecule has 3 aromatic rings. The molecule has 0 saturated heterocycles. The number of amides is 1. The maximum atomic E-state index is 13.7. The SMILES string of the molecule is CC1=C(C(=O)OC(C)C)C(c2ccc(Cl)cc2)n2c(s/c(=C\c3ccc(OCC(=O)NS(=O)(=O)C(F)(F)F)cc3)c2=O)=N1. The number of benzene rings is 2. The summed E-state index contributed by atoms with van der Waals surface area (Å²) in [4.78, 5) is 43.3. The van der Waals surface area contributed by atoms with Crippen molar-refractivity contribution in [1.82, 2.24) is 9.29 Å². The summed E-state index contributed by atoms with van der Waals surface area (Å²) in [6, 6.07) is 11.7. The molecule has 228 valence electrons. The number of esters is 1. The number of sulfonamides is 1. The zero-order chi connectivity index (χ0) is 31.7. The van der Waals surface area contributed by atoms with E-state index in [2.05, 4.69) is 4.99 Å². The second-order valence-corrected chi connectivity index (χ2v) is 12.5. The predicted octanol–water partition coefficient (Wildman–Crippen LogP) is 3.18. The monoisotopic (exact) mass is 657 g/mol. The molecule has 0 fully saturated rings. The molecule has 0 aliphatic carbocycles. The number of nitrogens with zero attached hydrogens (tertiary/aromatic N) is 2. The fraction of sp³-hybridized carbons (Fsp3) is 0.259. The summed E-state index contributed by atoms with van der Waals surface area (Å²) in [7, 11) is -5.85. The molecule has 1 aromatic heterocycles. The molecule has 2 heterocycles. The fourth-order valence-electron chi connectivity index (χ4n) is 4.02. The Morgan fingerprint density at radius 2 is 1.77 bits per heavy atom. The number of carbonyl (C=O) groups is 2. The van der Waals surface area contributed by atoms with E-state index in [1.807, 2.05) is 0 Å². The van der Waals surface area contributed by atoms with Gasteiger partial charge in [0, 0.05) is 5.02 Å². The lowest BCUT2D eigenvalue weighted by Gasteiger charge is -2.25. The molecule has 0 bridgehead atoms. The third-order valence-electron chi connectivity index (χ3n) is 5.87. The van der Waals surface area contributed by atoms with Crippen molar-refractivity contribution in [3.63, 3.8) is 0 Å². The van der Waals surface area contributed by atoms with Crippen LogP contribution in [0, 0.1) is 0 Å². The molecule has 10 nitrogen and oxygen atoms in total. The topological polar surface area (TPSA) is 133 Å². The highest BCUT2D eigenvalue weighted by Crippen LogP contribution is 2.31. The molecule has 4 rings (SSSR count). The van der Waals surface area contributed by atoms with Gasteiger partial charge in [0.2, 0.25) is 0 Å². The van der Waals surface area contributed by atoms with E-state index < -0.39 is 51.7 Å². The van der Waals surface area contributed by atoms with Gasteiger partial charge in [0.1, 0.15) is 5.75 Å². The Morgan fingerprint density at radius 1 is 1.14 bits per heavy atom. The molecule has 1 aliphatic rings. The fourth-order valence-corrected chi connectivity index (χ4v) is 5.67. The largest absolute Gasteiger partial charge is 0.516 e. The van der Waals surface area contributed by atoms with Gasteiger partial charge < -0.3 is 9.47 Å². The summed E-state index contributed by atoms with van der Waals surface area (Å²) in [6.07, 6.45) is 1.16. The molecule has 0 saturated carbocycles. The first-order valence-electron chi connectivity index (χ1n) is 12.4. The van der Waals surface area contributed by atoms with E-state index in [9.17, 15) is 36.0 Å². The first-order chi connectivity index (χ1) is 20.1. The molecule has 1 unspecified atom stereocenters. The molecular formula is C27H23ClF3N3O7S2. The van der Waals surface area contributed by atoms with Gasteiger partial charge in [-0.25, -0.2) is 14.5 Å². The predicted molar refractivity (Wildman–Crippen MR) is 152 cm³/mol. The summed E-state index contributed by atoms with van der Waals surface area (Å²) >= 11 is 7.17. The minimum atomic E-state index is -5.85. The van der Waals surface area contributed by atoms with Crippen LogP contribution >= 0.6 is 22.9 Å². The Balaban J connectivity index is 1.63. The lowest BCUT2D eigenvalue weighted by Crippen LogP contribution is -2.42. The number of hydrogen-bond acceptors (Lipinski definition) is 9. The van der Waals surface area contributed by atoms with Gasteiger partial charge in [0.15, 0.2) is 11.4 Å². The number of carbonyl (C=O) groups excluding carboxylic acids is 2. The zero-order valence-corrected chi connectivity index (χ0v) is 25.0. The Hall–Kier alpha value is -3.95. The van der Waals surface area contributed by atoms with Gasteiger partial charge in [-0.3, -0.25) is 14.2 Å². The molecule has 1 aliphatic heterocycles. The zero-order valence-electron chi connectivity index (χ0n) is 22.6. The Morgan fingerprint density at radius 3 is 2.35 bits per heavy atom. The van der Waals surface area contributed by atoms with E-state index in [-0.39, 0.29) is 15.9 Å². The Kier molecular flexibility index (Phi) is 9.18. The first kappa shape index (κ1) is 32.0. The van der Waals surface area contributed by atoms with E-state index in [1.165, 1.54) is 28.8 Å². The third kappa shape index (κ3) is 7.17. The average Bonchev–Trinajstić information content (AvgIpc) is 3.20. The van der Waals surface area contributed by atoms with Crippen LogP contribution < -0.4 is 24.4 Å². The summed E-state index contributed by atoms with van der Waals surface area (Å²) in [6.45, 7) is 4.10. The molecular weight excluding hydrogens is 635 g/mol. The van der Waals surface area contributed by atoms with Crippen molar-refractivity contribution in [3.8, 4) is 5.75 Å². The van der Waals surface area contributed by atoms with Crippen molar-refractivity contribution in [2.45, 2.75) is 38.4 Å². The number of ether oxygens (including phenoxy) is 2. The highest BCUT2D eigenvalue weighted by Gasteiger charge is 2.47. The number of fused-ring (bicyclic) bond motifs is 1. The minimum Gasteiger partial charge on any atom is -0.484 e. The number of hydrogen-bond donors (Lipinski definition) is 1. The number of thiazole rings is 1. The van der Waals surface area contributed by atoms with Crippen LogP contribution in [0.15, 0.2) is 69.6 Å². The molecule has 43 heavy (non-hydrogen) atoms. The van der Waals surface area contributed by atoms with Crippen LogP contribution in [0.25, 0.3) is 6.08 Å². The van der Waals surface area contributed by atoms with E-state index in [1.54, 1.807) is 51.1 Å². The van der Waals surface area contributed by atoms with Crippen molar-refractivity contribution in [2.75, 3.05) is 6.61 Å². The summed E-state index contributed by atoms with van der Waals surface area (Å²) < 4.78 is 72.4. The molecule has 0 radical (unpaired) electrons. The number of rotatable bonds is 8. The van der Waals surface area contributed by atoms with Crippen LogP contribution in [0.1, 0.15) is 37.9 Å². The number of allylic oxidation sites excluding steroid dienone is 1. The van der Waals surface area contributed by atoms with Crippen LogP contribution in [-0.4, -0.2) is 43.1 Å². The molecule has 1 N–H and O–H groups in total. The number of alkyl halides is 3. The summed E-state index contributed by atoms with van der Waals surface area (Å²) in [5, 5.41) is 0.475. The number of nitrogens with one attached hydrogen (secondary N) is 1. The normalized spacial score (nSPS) is 15.6. The maximum absolute atomic E-state index is 13.7. The van der Waals surface area contributed by atoms with Crippen molar-refractivity contribution in [3.05, 3.63) is 95.6 Å². The quantitative estimate of drug-likeness (QED) is 0.368. The highest BCUT2D eigenvalue weighted by atomic mass is 35.5. The first-order valence-corrected chi connectivity index (χ1v) is 15.1. The van der Waals surface area contributed by atoms with Crippen molar-refractivity contribution >= 4 is 50.9 Å². The van der Waals surface area contributed by atoms with Crippen molar-refractivity contribution < 1.29 is 40.7 Å². The third-order valence-corrected chi connectivity index (χ3v) is 8.21. The minimum absolute atomic E-state index is 0.0600. The van der Waals surface area contributed by atoms with Crippen LogP contribution in [-0.2, 0) is 24.3 Å². The Labute approximate surface area is 251 Å². The van der Waals surface area contributed by atoms with Crippen LogP contribution in [0.3, 0.4) is 0 Å².